The molecule has 0 fully saturated rings. The van der Waals surface area contributed by atoms with E-state index in [2.05, 4.69) is 20.9 Å². The molecule has 1 aromatic carbocycles. The highest BCUT2D eigenvalue weighted by Crippen LogP contribution is 2.30. The SMILES string of the molecule is Cc1cc(C)c(N(C(CNC(=O)c2ccc(CCC(=O)NC3=NCCCN3)s2)C(=O)OC(C)(C)C)S(=O)O)c(C)c1. The molecule has 0 saturated heterocycles. The Morgan fingerprint density at radius 1 is 1.20 bits per heavy atom. The van der Waals surface area contributed by atoms with Gasteiger partial charge in [-0.3, -0.25) is 28.8 Å². The van der Waals surface area contributed by atoms with Crippen molar-refractivity contribution >= 4 is 52.0 Å². The van der Waals surface area contributed by atoms with Gasteiger partial charge in [-0.25, -0.2) is 9.00 Å². The molecule has 2 aromatic rings. The van der Waals surface area contributed by atoms with Crippen LogP contribution in [-0.2, 0) is 32.0 Å². The summed E-state index contributed by atoms with van der Waals surface area (Å²) < 4.78 is 29.6. The second kappa shape index (κ2) is 14.1. The van der Waals surface area contributed by atoms with E-state index in [4.69, 9.17) is 4.74 Å². The number of nitrogens with one attached hydrogen (secondary N) is 3. The number of carbonyl (C=O) groups is 3. The fourth-order valence-corrected chi connectivity index (χ4v) is 6.20. The van der Waals surface area contributed by atoms with Crippen molar-refractivity contribution in [3.05, 3.63) is 50.7 Å². The Labute approximate surface area is 247 Å². The number of thiophene rings is 1. The number of rotatable bonds is 10. The van der Waals surface area contributed by atoms with Crippen LogP contribution in [0.1, 0.15) is 64.9 Å². The van der Waals surface area contributed by atoms with Crippen molar-refractivity contribution in [2.45, 2.75) is 72.4 Å². The van der Waals surface area contributed by atoms with Gasteiger partial charge >= 0.3 is 5.97 Å². The maximum absolute atomic E-state index is 13.3. The van der Waals surface area contributed by atoms with Gasteiger partial charge in [0.1, 0.15) is 5.60 Å². The minimum Gasteiger partial charge on any atom is -0.458 e. The summed E-state index contributed by atoms with van der Waals surface area (Å²) in [5.74, 6) is -0.868. The molecule has 224 valence electrons. The number of guanidine groups is 1. The average molecular weight is 606 g/mol. The van der Waals surface area contributed by atoms with Gasteiger partial charge in [-0.15, -0.1) is 11.3 Å². The molecule has 0 bridgehead atoms. The molecule has 1 aliphatic heterocycles. The van der Waals surface area contributed by atoms with Gasteiger partial charge in [0, 0.05) is 24.4 Å². The van der Waals surface area contributed by atoms with Crippen LogP contribution >= 0.6 is 11.3 Å². The quantitative estimate of drug-likeness (QED) is 0.240. The highest BCUT2D eigenvalue weighted by molar-refractivity contribution is 7.80. The first kappa shape index (κ1) is 32.2. The van der Waals surface area contributed by atoms with Gasteiger partial charge in [0.05, 0.1) is 17.1 Å². The van der Waals surface area contributed by atoms with E-state index in [1.54, 1.807) is 46.8 Å². The normalized spacial score (nSPS) is 14.8. The summed E-state index contributed by atoms with van der Waals surface area (Å²) in [6.45, 7) is 11.8. The molecule has 41 heavy (non-hydrogen) atoms. The first-order valence-corrected chi connectivity index (χ1v) is 15.3. The Morgan fingerprint density at radius 3 is 2.46 bits per heavy atom. The molecule has 2 amide bonds. The minimum absolute atomic E-state index is 0.170. The van der Waals surface area contributed by atoms with Crippen molar-refractivity contribution in [1.29, 1.82) is 0 Å². The number of benzene rings is 1. The summed E-state index contributed by atoms with van der Waals surface area (Å²) in [6, 6.07) is 5.88. The molecular weight excluding hydrogens is 566 g/mol. The Hall–Kier alpha value is -3.29. The molecule has 2 heterocycles. The van der Waals surface area contributed by atoms with Crippen LogP contribution in [0.5, 0.6) is 0 Å². The van der Waals surface area contributed by atoms with E-state index < -0.39 is 34.8 Å². The van der Waals surface area contributed by atoms with Gasteiger partial charge in [-0.2, -0.15) is 0 Å². The largest absolute Gasteiger partial charge is 0.458 e. The number of esters is 1. The number of aryl methyl sites for hydroxylation is 4. The van der Waals surface area contributed by atoms with Crippen molar-refractivity contribution in [2.75, 3.05) is 23.9 Å². The van der Waals surface area contributed by atoms with Crippen molar-refractivity contribution in [3.63, 3.8) is 0 Å². The van der Waals surface area contributed by atoms with E-state index >= 15 is 0 Å². The Bertz CT molecular complexity index is 1310. The van der Waals surface area contributed by atoms with Crippen LogP contribution < -0.4 is 20.3 Å². The number of carbonyl (C=O) groups excluding carboxylic acids is 3. The Morgan fingerprint density at radius 2 is 1.88 bits per heavy atom. The maximum atomic E-state index is 13.3. The third kappa shape index (κ3) is 9.37. The molecule has 11 nitrogen and oxygen atoms in total. The van der Waals surface area contributed by atoms with Crippen LogP contribution in [0, 0.1) is 20.8 Å². The van der Waals surface area contributed by atoms with Crippen LogP contribution in [0.25, 0.3) is 0 Å². The standard InChI is InChI=1S/C28H39N5O6S2/c1-17-14-18(2)24(19(3)15-17)33(41(37)38)21(26(36)39-28(4,5)6)16-31-25(35)22-10-8-20(40-22)9-11-23(34)32-27-29-12-7-13-30-27/h8,10,14-15,21H,7,9,11-13,16H2,1-6H3,(H,31,35)(H,37,38)(H2,29,30,32,34). The van der Waals surface area contributed by atoms with Crippen LogP contribution in [0.2, 0.25) is 0 Å². The lowest BCUT2D eigenvalue weighted by atomic mass is 10.0. The molecule has 2 unspecified atom stereocenters. The fourth-order valence-electron chi connectivity index (χ4n) is 4.45. The number of anilines is 1. The first-order chi connectivity index (χ1) is 19.2. The second-order valence-electron chi connectivity index (χ2n) is 10.9. The molecule has 0 saturated carbocycles. The van der Waals surface area contributed by atoms with Crippen LogP contribution in [0.3, 0.4) is 0 Å². The molecule has 1 aromatic heterocycles. The number of amides is 2. The van der Waals surface area contributed by atoms with E-state index in [1.165, 1.54) is 11.3 Å². The molecule has 0 radical (unpaired) electrons. The van der Waals surface area contributed by atoms with Gasteiger partial charge in [-0.1, -0.05) is 17.7 Å². The average Bonchev–Trinajstić information content (AvgIpc) is 3.34. The number of hydrogen-bond donors (Lipinski definition) is 4. The van der Waals surface area contributed by atoms with Gasteiger partial charge in [-0.05, 0) is 77.6 Å². The van der Waals surface area contributed by atoms with E-state index in [1.807, 2.05) is 19.1 Å². The van der Waals surface area contributed by atoms with Crippen LogP contribution in [0.15, 0.2) is 29.3 Å². The molecule has 3 rings (SSSR count). The van der Waals surface area contributed by atoms with E-state index in [-0.39, 0.29) is 18.9 Å². The molecule has 2 atom stereocenters. The summed E-state index contributed by atoms with van der Waals surface area (Å²) in [7, 11) is 0. The molecule has 4 N–H and O–H groups in total. The molecule has 13 heteroatoms. The number of aliphatic imine (C=N–C) groups is 1. The summed E-state index contributed by atoms with van der Waals surface area (Å²) in [5.41, 5.74) is 1.96. The predicted octanol–water partition coefficient (Wildman–Crippen LogP) is 3.15. The monoisotopic (exact) mass is 605 g/mol. The maximum Gasteiger partial charge on any atom is 0.332 e. The number of hydrogen-bond acceptors (Lipinski definition) is 8. The van der Waals surface area contributed by atoms with Crippen LogP contribution in [0.4, 0.5) is 5.69 Å². The third-order valence-corrected chi connectivity index (χ3v) is 8.00. The lowest BCUT2D eigenvalue weighted by Gasteiger charge is -2.33. The third-order valence-electron chi connectivity index (χ3n) is 6.08. The summed E-state index contributed by atoms with van der Waals surface area (Å²) in [5, 5.41) is 8.53. The van der Waals surface area contributed by atoms with E-state index in [0.717, 1.165) is 27.7 Å². The lowest BCUT2D eigenvalue weighted by Crippen LogP contribution is -2.52. The number of ether oxygens (including phenoxy) is 1. The smallest absolute Gasteiger partial charge is 0.332 e. The topological polar surface area (TPSA) is 149 Å². The van der Waals surface area contributed by atoms with Crippen molar-refractivity contribution in [2.24, 2.45) is 4.99 Å². The Kier molecular flexibility index (Phi) is 11.0. The first-order valence-electron chi connectivity index (χ1n) is 13.4. The Balaban J connectivity index is 1.73. The highest BCUT2D eigenvalue weighted by atomic mass is 32.2. The second-order valence-corrected chi connectivity index (χ2v) is 12.9. The van der Waals surface area contributed by atoms with Gasteiger partial charge in [0.15, 0.2) is 12.0 Å². The summed E-state index contributed by atoms with van der Waals surface area (Å²) >= 11 is -1.35. The fraction of sp³-hybridized carbons (Fsp3) is 0.500. The summed E-state index contributed by atoms with van der Waals surface area (Å²) in [6.07, 6.45) is 1.61. The van der Waals surface area contributed by atoms with Gasteiger partial charge in [0.2, 0.25) is 5.91 Å². The zero-order chi connectivity index (χ0) is 30.3. The molecule has 0 aliphatic carbocycles. The van der Waals surface area contributed by atoms with Crippen LogP contribution in [-0.4, -0.2) is 63.8 Å². The molecular formula is C28H39N5O6S2. The predicted molar refractivity (Wildman–Crippen MR) is 162 cm³/mol. The highest BCUT2D eigenvalue weighted by Gasteiger charge is 2.36. The zero-order valence-electron chi connectivity index (χ0n) is 24.3. The number of nitrogens with zero attached hydrogens (tertiary/aromatic N) is 2. The summed E-state index contributed by atoms with van der Waals surface area (Å²) in [4.78, 5) is 44.1. The van der Waals surface area contributed by atoms with Gasteiger partial charge in [0.25, 0.3) is 17.2 Å². The zero-order valence-corrected chi connectivity index (χ0v) is 26.0. The molecule has 0 spiro atoms. The van der Waals surface area contributed by atoms with E-state index in [0.29, 0.717) is 40.6 Å². The van der Waals surface area contributed by atoms with Gasteiger partial charge < -0.3 is 15.4 Å². The van der Waals surface area contributed by atoms with Crippen molar-refractivity contribution in [1.82, 2.24) is 16.0 Å². The minimum atomic E-state index is -2.59. The van der Waals surface area contributed by atoms with Crippen molar-refractivity contribution < 1.29 is 27.9 Å². The van der Waals surface area contributed by atoms with Crippen molar-refractivity contribution in [3.8, 4) is 0 Å². The lowest BCUT2D eigenvalue weighted by molar-refractivity contribution is -0.156. The molecule has 1 aliphatic rings. The van der Waals surface area contributed by atoms with E-state index in [9.17, 15) is 23.1 Å².